The Hall–Kier alpha value is -2.75. The summed E-state index contributed by atoms with van der Waals surface area (Å²) in [6.07, 6.45) is 6.50. The average molecular weight is 340 g/mol. The number of aldehydes is 1. The molecular weight excluding hydrogens is 316 g/mol. The molecule has 4 heteroatoms. The highest BCUT2D eigenvalue weighted by atomic mass is 16.5. The number of rotatable bonds is 10. The zero-order valence-electron chi connectivity index (χ0n) is 14.7. The SMILES string of the molecule is C/C=C/c1ccc(OCCCCOc2ccccc2C=O)c(OC)c1. The van der Waals surface area contributed by atoms with Crippen LogP contribution in [0.15, 0.2) is 48.5 Å². The Kier molecular flexibility index (Phi) is 7.57. The number of hydrogen-bond donors (Lipinski definition) is 0. The van der Waals surface area contributed by atoms with Crippen LogP contribution in [0.4, 0.5) is 0 Å². The molecule has 25 heavy (non-hydrogen) atoms. The van der Waals surface area contributed by atoms with Crippen LogP contribution in [-0.2, 0) is 0 Å². The molecule has 0 aliphatic carbocycles. The van der Waals surface area contributed by atoms with Gasteiger partial charge in [-0.3, -0.25) is 4.79 Å². The van der Waals surface area contributed by atoms with Gasteiger partial charge in [0.25, 0.3) is 0 Å². The molecule has 0 heterocycles. The third-order valence-electron chi connectivity index (χ3n) is 3.65. The van der Waals surface area contributed by atoms with Gasteiger partial charge in [0.05, 0.1) is 25.9 Å². The quantitative estimate of drug-likeness (QED) is 0.461. The van der Waals surface area contributed by atoms with E-state index in [1.165, 1.54) is 0 Å². The molecule has 0 fully saturated rings. The number of ether oxygens (including phenoxy) is 3. The summed E-state index contributed by atoms with van der Waals surface area (Å²) in [5.74, 6) is 2.09. The molecule has 0 saturated carbocycles. The zero-order valence-corrected chi connectivity index (χ0v) is 14.7. The van der Waals surface area contributed by atoms with Crippen LogP contribution < -0.4 is 14.2 Å². The van der Waals surface area contributed by atoms with Crippen LogP contribution in [-0.4, -0.2) is 26.6 Å². The fourth-order valence-electron chi connectivity index (χ4n) is 2.38. The monoisotopic (exact) mass is 340 g/mol. The van der Waals surface area contributed by atoms with Crippen molar-refractivity contribution in [2.75, 3.05) is 20.3 Å². The summed E-state index contributed by atoms with van der Waals surface area (Å²) in [5, 5.41) is 0. The third-order valence-corrected chi connectivity index (χ3v) is 3.65. The van der Waals surface area contributed by atoms with Crippen molar-refractivity contribution in [2.45, 2.75) is 19.8 Å². The number of allylic oxidation sites excluding steroid dienone is 1. The average Bonchev–Trinajstić information content (AvgIpc) is 2.65. The van der Waals surface area contributed by atoms with Gasteiger partial charge in [0.2, 0.25) is 0 Å². The Morgan fingerprint density at radius 3 is 2.32 bits per heavy atom. The van der Waals surface area contributed by atoms with Gasteiger partial charge in [0.1, 0.15) is 5.75 Å². The molecule has 0 atom stereocenters. The van der Waals surface area contributed by atoms with Gasteiger partial charge in [-0.2, -0.15) is 0 Å². The van der Waals surface area contributed by atoms with E-state index < -0.39 is 0 Å². The molecule has 2 rings (SSSR count). The van der Waals surface area contributed by atoms with Crippen molar-refractivity contribution in [3.8, 4) is 17.2 Å². The van der Waals surface area contributed by atoms with E-state index in [9.17, 15) is 4.79 Å². The second-order valence-electron chi connectivity index (χ2n) is 5.47. The highest BCUT2D eigenvalue weighted by Gasteiger charge is 2.05. The summed E-state index contributed by atoms with van der Waals surface area (Å²) >= 11 is 0. The molecule has 132 valence electrons. The van der Waals surface area contributed by atoms with Crippen LogP contribution in [0.3, 0.4) is 0 Å². The second-order valence-corrected chi connectivity index (χ2v) is 5.47. The van der Waals surface area contributed by atoms with Crippen molar-refractivity contribution >= 4 is 12.4 Å². The van der Waals surface area contributed by atoms with E-state index in [0.717, 1.165) is 36.2 Å². The van der Waals surface area contributed by atoms with Crippen molar-refractivity contribution < 1.29 is 19.0 Å². The molecular formula is C21H24O4. The third kappa shape index (κ3) is 5.68. The molecule has 0 bridgehead atoms. The van der Waals surface area contributed by atoms with E-state index in [0.29, 0.717) is 24.5 Å². The molecule has 0 aromatic heterocycles. The summed E-state index contributed by atoms with van der Waals surface area (Å²) in [7, 11) is 1.64. The number of unbranched alkanes of at least 4 members (excludes halogenated alkanes) is 1. The molecule has 0 radical (unpaired) electrons. The van der Waals surface area contributed by atoms with Gasteiger partial charge in [-0.15, -0.1) is 0 Å². The standard InChI is InChI=1S/C21H24O4/c1-3-8-17-11-12-20(21(15-17)23-2)25-14-7-6-13-24-19-10-5-4-9-18(19)16-22/h3-5,8-12,15-16H,6-7,13-14H2,1-2H3/b8-3+. The van der Waals surface area contributed by atoms with Crippen LogP contribution in [0.1, 0.15) is 35.7 Å². The van der Waals surface area contributed by atoms with E-state index >= 15 is 0 Å². The second kappa shape index (κ2) is 10.2. The van der Waals surface area contributed by atoms with Crippen molar-refractivity contribution in [1.82, 2.24) is 0 Å². The van der Waals surface area contributed by atoms with E-state index in [-0.39, 0.29) is 0 Å². The number of carbonyl (C=O) groups excluding carboxylic acids is 1. The number of hydrogen-bond acceptors (Lipinski definition) is 4. The lowest BCUT2D eigenvalue weighted by Gasteiger charge is -2.12. The zero-order chi connectivity index (χ0) is 17.9. The summed E-state index contributed by atoms with van der Waals surface area (Å²) in [4.78, 5) is 10.9. The van der Waals surface area contributed by atoms with Crippen molar-refractivity contribution in [2.24, 2.45) is 0 Å². The predicted octanol–water partition coefficient (Wildman–Crippen LogP) is 4.78. The molecule has 2 aromatic rings. The van der Waals surface area contributed by atoms with E-state index in [2.05, 4.69) is 0 Å². The van der Waals surface area contributed by atoms with Crippen molar-refractivity contribution in [3.63, 3.8) is 0 Å². The first kappa shape index (κ1) is 18.6. The Bertz CT molecular complexity index is 707. The Morgan fingerprint density at radius 1 is 0.920 bits per heavy atom. The van der Waals surface area contributed by atoms with E-state index in [1.54, 1.807) is 19.2 Å². The number of benzene rings is 2. The summed E-state index contributed by atoms with van der Waals surface area (Å²) < 4.78 is 16.8. The molecule has 0 unspecified atom stereocenters. The maximum absolute atomic E-state index is 10.9. The highest BCUT2D eigenvalue weighted by molar-refractivity contribution is 5.79. The fraction of sp³-hybridized carbons (Fsp3) is 0.286. The van der Waals surface area contributed by atoms with Gasteiger partial charge in [0, 0.05) is 0 Å². The minimum atomic E-state index is 0.547. The summed E-state index contributed by atoms with van der Waals surface area (Å²) in [5.41, 5.74) is 1.65. The number of carbonyl (C=O) groups is 1. The van der Waals surface area contributed by atoms with Gasteiger partial charge in [-0.1, -0.05) is 30.4 Å². The smallest absolute Gasteiger partial charge is 0.161 e. The Balaban J connectivity index is 1.75. The van der Waals surface area contributed by atoms with Crippen molar-refractivity contribution in [3.05, 3.63) is 59.7 Å². The van der Waals surface area contributed by atoms with Crippen LogP contribution in [0, 0.1) is 0 Å². The fourth-order valence-corrected chi connectivity index (χ4v) is 2.38. The lowest BCUT2D eigenvalue weighted by atomic mass is 10.2. The van der Waals surface area contributed by atoms with Gasteiger partial charge in [0.15, 0.2) is 17.8 Å². The van der Waals surface area contributed by atoms with Crippen LogP contribution >= 0.6 is 0 Å². The molecule has 0 amide bonds. The lowest BCUT2D eigenvalue weighted by Crippen LogP contribution is -2.04. The normalized spacial score (nSPS) is 10.6. The molecule has 0 aliphatic heterocycles. The Labute approximate surface area is 149 Å². The first-order valence-electron chi connectivity index (χ1n) is 8.39. The minimum absolute atomic E-state index is 0.547. The predicted molar refractivity (Wildman–Crippen MR) is 99.8 cm³/mol. The first-order chi connectivity index (χ1) is 12.3. The van der Waals surface area contributed by atoms with Gasteiger partial charge in [-0.05, 0) is 49.6 Å². The maximum atomic E-state index is 10.9. The topological polar surface area (TPSA) is 44.8 Å². The molecule has 0 aliphatic rings. The van der Waals surface area contributed by atoms with Gasteiger partial charge < -0.3 is 14.2 Å². The molecule has 0 saturated heterocycles. The van der Waals surface area contributed by atoms with Crippen LogP contribution in [0.2, 0.25) is 0 Å². The number of methoxy groups -OCH3 is 1. The summed E-state index contributed by atoms with van der Waals surface area (Å²) in [6, 6.07) is 13.1. The van der Waals surface area contributed by atoms with Gasteiger partial charge >= 0.3 is 0 Å². The van der Waals surface area contributed by atoms with E-state index in [1.807, 2.05) is 49.4 Å². The first-order valence-corrected chi connectivity index (χ1v) is 8.39. The lowest BCUT2D eigenvalue weighted by molar-refractivity contribution is 0.111. The minimum Gasteiger partial charge on any atom is -0.493 e. The van der Waals surface area contributed by atoms with Gasteiger partial charge in [-0.25, -0.2) is 0 Å². The van der Waals surface area contributed by atoms with Crippen LogP contribution in [0.25, 0.3) is 6.08 Å². The number of para-hydroxylation sites is 1. The molecule has 4 nitrogen and oxygen atoms in total. The largest absolute Gasteiger partial charge is 0.493 e. The van der Waals surface area contributed by atoms with Crippen LogP contribution in [0.5, 0.6) is 17.2 Å². The van der Waals surface area contributed by atoms with E-state index in [4.69, 9.17) is 14.2 Å². The molecule has 0 spiro atoms. The molecule has 2 aromatic carbocycles. The Morgan fingerprint density at radius 2 is 1.64 bits per heavy atom. The maximum Gasteiger partial charge on any atom is 0.161 e. The van der Waals surface area contributed by atoms with Crippen molar-refractivity contribution in [1.29, 1.82) is 0 Å². The summed E-state index contributed by atoms with van der Waals surface area (Å²) in [6.45, 7) is 3.11. The molecule has 0 N–H and O–H groups in total. The highest BCUT2D eigenvalue weighted by Crippen LogP contribution is 2.28.